The highest BCUT2D eigenvalue weighted by atomic mass is 32.2. The Bertz CT molecular complexity index is 813. The van der Waals surface area contributed by atoms with Gasteiger partial charge in [0, 0.05) is 22.7 Å². The average Bonchev–Trinajstić information content (AvgIpc) is 2.60. The molecule has 0 aliphatic rings. The van der Waals surface area contributed by atoms with Gasteiger partial charge in [0.2, 0.25) is 0 Å². The lowest BCUT2D eigenvalue weighted by atomic mass is 10.3. The van der Waals surface area contributed by atoms with Gasteiger partial charge in [0.25, 0.3) is 11.6 Å². The Morgan fingerprint density at radius 3 is 2.58 bits per heavy atom. The van der Waals surface area contributed by atoms with Crippen LogP contribution in [0.25, 0.3) is 0 Å². The lowest BCUT2D eigenvalue weighted by Gasteiger charge is -2.13. The second-order valence-electron chi connectivity index (χ2n) is 5.17. The predicted octanol–water partition coefficient (Wildman–Crippen LogP) is 3.40. The van der Waals surface area contributed by atoms with E-state index in [1.807, 2.05) is 0 Å². The van der Waals surface area contributed by atoms with Crippen LogP contribution in [0.2, 0.25) is 0 Å². The van der Waals surface area contributed by atoms with E-state index >= 15 is 0 Å². The van der Waals surface area contributed by atoms with Gasteiger partial charge in [-0.05, 0) is 37.3 Å². The third-order valence-electron chi connectivity index (χ3n) is 3.17. The number of ether oxygens (including phenoxy) is 1. The van der Waals surface area contributed by atoms with Crippen molar-refractivity contribution in [2.24, 2.45) is 0 Å². The normalized spacial score (nSPS) is 11.5. The van der Waals surface area contributed by atoms with Gasteiger partial charge < -0.3 is 10.1 Å². The number of esters is 1. The van der Waals surface area contributed by atoms with Crippen molar-refractivity contribution in [2.75, 3.05) is 11.1 Å². The molecule has 0 spiro atoms. The molecule has 0 saturated heterocycles. The maximum Gasteiger partial charge on any atom is 0.317 e. The first-order valence-electron chi connectivity index (χ1n) is 7.48. The standard InChI is InChI=1S/C17H15FN2O5S/c1-11(17(22)19-13-4-2-3-12(18)9-13)25-16(21)10-26-15-7-5-14(6-8-15)20(23)24/h2-9,11H,10H2,1H3,(H,19,22)/t11-/m1/s1. The van der Waals surface area contributed by atoms with Crippen LogP contribution in [0, 0.1) is 15.9 Å². The summed E-state index contributed by atoms with van der Waals surface area (Å²) in [5, 5.41) is 13.0. The van der Waals surface area contributed by atoms with E-state index in [9.17, 15) is 24.1 Å². The number of thioether (sulfide) groups is 1. The number of carbonyl (C=O) groups is 2. The van der Waals surface area contributed by atoms with E-state index in [2.05, 4.69) is 5.32 Å². The highest BCUT2D eigenvalue weighted by Crippen LogP contribution is 2.21. The third kappa shape index (κ3) is 5.85. The van der Waals surface area contributed by atoms with Gasteiger partial charge in [-0.25, -0.2) is 4.39 Å². The van der Waals surface area contributed by atoms with Gasteiger partial charge in [0.15, 0.2) is 6.10 Å². The quantitative estimate of drug-likeness (QED) is 0.343. The van der Waals surface area contributed by atoms with Crippen molar-refractivity contribution >= 4 is 35.0 Å². The Balaban J connectivity index is 1.80. The Morgan fingerprint density at radius 1 is 1.27 bits per heavy atom. The first-order valence-corrected chi connectivity index (χ1v) is 8.47. The molecule has 0 aromatic heterocycles. The van der Waals surface area contributed by atoms with Crippen molar-refractivity contribution in [1.29, 1.82) is 0 Å². The van der Waals surface area contributed by atoms with E-state index in [1.165, 1.54) is 49.4 Å². The van der Waals surface area contributed by atoms with Gasteiger partial charge in [-0.3, -0.25) is 19.7 Å². The van der Waals surface area contributed by atoms with Crippen LogP contribution in [-0.2, 0) is 14.3 Å². The number of nitro groups is 1. The predicted molar refractivity (Wildman–Crippen MR) is 94.4 cm³/mol. The Morgan fingerprint density at radius 2 is 1.96 bits per heavy atom. The van der Waals surface area contributed by atoms with E-state index in [0.29, 0.717) is 4.90 Å². The molecule has 0 aliphatic carbocycles. The molecular formula is C17H15FN2O5S. The third-order valence-corrected chi connectivity index (χ3v) is 4.16. The van der Waals surface area contributed by atoms with Gasteiger partial charge in [-0.1, -0.05) is 6.07 Å². The fourth-order valence-electron chi connectivity index (χ4n) is 1.90. The second kappa shape index (κ2) is 8.95. The second-order valence-corrected chi connectivity index (χ2v) is 6.22. The van der Waals surface area contributed by atoms with Crippen LogP contribution in [0.1, 0.15) is 6.92 Å². The first kappa shape index (κ1) is 19.4. The molecule has 2 aromatic rings. The summed E-state index contributed by atoms with van der Waals surface area (Å²) >= 11 is 1.13. The minimum Gasteiger partial charge on any atom is -0.452 e. The van der Waals surface area contributed by atoms with Crippen molar-refractivity contribution in [3.8, 4) is 0 Å². The van der Waals surface area contributed by atoms with Crippen molar-refractivity contribution in [2.45, 2.75) is 17.9 Å². The lowest BCUT2D eigenvalue weighted by molar-refractivity contribution is -0.384. The molecule has 0 aliphatic heterocycles. The molecule has 0 bridgehead atoms. The molecule has 1 amide bonds. The number of nitro benzene ring substituents is 1. The van der Waals surface area contributed by atoms with Crippen LogP contribution in [0.15, 0.2) is 53.4 Å². The Kier molecular flexibility index (Phi) is 6.67. The summed E-state index contributed by atoms with van der Waals surface area (Å²) in [6.07, 6.45) is -1.05. The highest BCUT2D eigenvalue weighted by Gasteiger charge is 2.18. The topological polar surface area (TPSA) is 98.5 Å². The summed E-state index contributed by atoms with van der Waals surface area (Å²) in [6.45, 7) is 1.41. The maximum absolute atomic E-state index is 13.1. The van der Waals surface area contributed by atoms with Crippen LogP contribution in [-0.4, -0.2) is 28.7 Å². The van der Waals surface area contributed by atoms with E-state index in [-0.39, 0.29) is 17.1 Å². The smallest absolute Gasteiger partial charge is 0.317 e. The van der Waals surface area contributed by atoms with Crippen LogP contribution < -0.4 is 5.32 Å². The Hall–Kier alpha value is -2.94. The molecule has 9 heteroatoms. The van der Waals surface area contributed by atoms with Crippen molar-refractivity contribution in [3.05, 3.63) is 64.5 Å². The molecule has 7 nitrogen and oxygen atoms in total. The number of nitrogens with zero attached hydrogens (tertiary/aromatic N) is 1. The number of carbonyl (C=O) groups excluding carboxylic acids is 2. The zero-order valence-electron chi connectivity index (χ0n) is 13.7. The molecule has 0 radical (unpaired) electrons. The summed E-state index contributed by atoms with van der Waals surface area (Å²) in [6, 6.07) is 11.1. The molecule has 136 valence electrons. The summed E-state index contributed by atoms with van der Waals surface area (Å²) in [4.78, 5) is 34.5. The van der Waals surface area contributed by atoms with Crippen LogP contribution in [0.4, 0.5) is 15.8 Å². The molecule has 0 heterocycles. The number of rotatable bonds is 7. The van der Waals surface area contributed by atoms with Gasteiger partial charge in [-0.2, -0.15) is 0 Å². The van der Waals surface area contributed by atoms with Crippen molar-refractivity contribution in [1.82, 2.24) is 0 Å². The van der Waals surface area contributed by atoms with E-state index < -0.39 is 28.7 Å². The Labute approximate surface area is 152 Å². The first-order chi connectivity index (χ1) is 12.3. The van der Waals surface area contributed by atoms with Gasteiger partial charge in [0.1, 0.15) is 5.82 Å². The van der Waals surface area contributed by atoms with Crippen molar-refractivity contribution in [3.63, 3.8) is 0 Å². The van der Waals surface area contributed by atoms with E-state index in [0.717, 1.165) is 17.8 Å². The largest absolute Gasteiger partial charge is 0.452 e. The molecule has 2 aromatic carbocycles. The van der Waals surface area contributed by atoms with Crippen LogP contribution in [0.5, 0.6) is 0 Å². The van der Waals surface area contributed by atoms with Gasteiger partial charge >= 0.3 is 5.97 Å². The molecule has 0 fully saturated rings. The highest BCUT2D eigenvalue weighted by molar-refractivity contribution is 8.00. The SMILES string of the molecule is C[C@@H](OC(=O)CSc1ccc([N+](=O)[O-])cc1)C(=O)Nc1cccc(F)c1. The van der Waals surface area contributed by atoms with E-state index in [1.54, 1.807) is 0 Å². The minimum atomic E-state index is -1.05. The van der Waals surface area contributed by atoms with Crippen molar-refractivity contribution < 1.29 is 23.6 Å². The van der Waals surface area contributed by atoms with Crippen LogP contribution in [0.3, 0.4) is 0 Å². The maximum atomic E-state index is 13.1. The number of amides is 1. The average molecular weight is 378 g/mol. The zero-order chi connectivity index (χ0) is 19.1. The molecule has 0 saturated carbocycles. The number of hydrogen-bond acceptors (Lipinski definition) is 6. The number of benzene rings is 2. The fourth-order valence-corrected chi connectivity index (χ4v) is 2.58. The molecular weight excluding hydrogens is 363 g/mol. The molecule has 1 atom stereocenters. The number of non-ortho nitro benzene ring substituents is 1. The minimum absolute atomic E-state index is 0.0421. The molecule has 0 unspecified atom stereocenters. The summed E-state index contributed by atoms with van der Waals surface area (Å²) in [5.74, 6) is -1.75. The zero-order valence-corrected chi connectivity index (χ0v) is 14.5. The monoisotopic (exact) mass is 378 g/mol. The van der Waals surface area contributed by atoms with Crippen LogP contribution >= 0.6 is 11.8 Å². The number of anilines is 1. The molecule has 2 rings (SSSR count). The summed E-state index contributed by atoms with van der Waals surface area (Å²) in [5.41, 5.74) is 0.220. The lowest BCUT2D eigenvalue weighted by Crippen LogP contribution is -2.30. The number of hydrogen-bond donors (Lipinski definition) is 1. The summed E-state index contributed by atoms with van der Waals surface area (Å²) in [7, 11) is 0. The van der Waals surface area contributed by atoms with E-state index in [4.69, 9.17) is 4.74 Å². The fraction of sp³-hybridized carbons (Fsp3) is 0.176. The molecule has 1 N–H and O–H groups in total. The van der Waals surface area contributed by atoms with Gasteiger partial charge in [-0.15, -0.1) is 11.8 Å². The van der Waals surface area contributed by atoms with Gasteiger partial charge in [0.05, 0.1) is 10.7 Å². The molecule has 26 heavy (non-hydrogen) atoms. The summed E-state index contributed by atoms with van der Waals surface area (Å²) < 4.78 is 18.1. The number of halogens is 1. The number of nitrogens with one attached hydrogen (secondary N) is 1.